The van der Waals surface area contributed by atoms with E-state index in [0.29, 0.717) is 11.5 Å². The zero-order chi connectivity index (χ0) is 28.1. The molecule has 0 saturated carbocycles. The average molecular weight is 643 g/mol. The fourth-order valence-electron chi connectivity index (χ4n) is 5.00. The summed E-state index contributed by atoms with van der Waals surface area (Å²) in [5, 5.41) is 0. The molecule has 0 fully saturated rings. The molecule has 0 amide bonds. The van der Waals surface area contributed by atoms with Crippen molar-refractivity contribution in [2.45, 2.75) is 167 Å². The molecule has 0 aliphatic heterocycles. The second-order valence-electron chi connectivity index (χ2n) is 11.0. The van der Waals surface area contributed by atoms with Gasteiger partial charge in [0.1, 0.15) is 0 Å². The van der Waals surface area contributed by atoms with Gasteiger partial charge < -0.3 is 9.47 Å². The number of hydrogen-bond acceptors (Lipinski definition) is 6. The lowest BCUT2D eigenvalue weighted by Gasteiger charge is -2.27. The topological polar surface area (TPSA) is 18.5 Å². The lowest BCUT2D eigenvalue weighted by molar-refractivity contribution is 0.0969. The van der Waals surface area contributed by atoms with Crippen LogP contribution in [0.5, 0.6) is 0 Å². The van der Waals surface area contributed by atoms with E-state index in [-0.39, 0.29) is 0 Å². The third kappa shape index (κ3) is 23.3. The Hall–Kier alpha value is 1.75. The fourth-order valence-corrected chi connectivity index (χ4v) is 19.5. The summed E-state index contributed by atoms with van der Waals surface area (Å²) in [5.41, 5.74) is 1.19. The molecule has 0 spiro atoms. The van der Waals surface area contributed by atoms with E-state index < -0.39 is 17.6 Å². The molecule has 2 nitrogen and oxygen atoms in total. The van der Waals surface area contributed by atoms with E-state index >= 15 is 0 Å². The molecule has 38 heavy (non-hydrogen) atoms. The Kier molecular flexibility index (Phi) is 33.1. The van der Waals surface area contributed by atoms with Crippen molar-refractivity contribution >= 4 is 58.8 Å². The monoisotopic (exact) mass is 642 g/mol. The summed E-state index contributed by atoms with van der Waals surface area (Å²) in [5.74, 6) is 2.48. The molecule has 0 bridgehead atoms. The summed E-state index contributed by atoms with van der Waals surface area (Å²) in [4.78, 5) is 0. The molecule has 0 N–H and O–H groups in total. The van der Waals surface area contributed by atoms with Crippen LogP contribution in [0.3, 0.4) is 0 Å². The van der Waals surface area contributed by atoms with Crippen LogP contribution in [0.25, 0.3) is 0 Å². The van der Waals surface area contributed by atoms with Crippen molar-refractivity contribution in [3.05, 3.63) is 0 Å². The Morgan fingerprint density at radius 1 is 0.474 bits per heavy atom. The number of rotatable bonds is 31. The molecule has 0 heterocycles. The summed E-state index contributed by atoms with van der Waals surface area (Å²) in [6, 6.07) is 5.94. The van der Waals surface area contributed by atoms with Crippen molar-refractivity contribution in [2.75, 3.05) is 24.7 Å². The van der Waals surface area contributed by atoms with Gasteiger partial charge in [0.05, 0.1) is 17.6 Å². The second-order valence-corrected chi connectivity index (χ2v) is 24.0. The Morgan fingerprint density at radius 3 is 1.08 bits per heavy atom. The summed E-state index contributed by atoms with van der Waals surface area (Å²) in [6.45, 7) is 15.9. The highest BCUT2D eigenvalue weighted by molar-refractivity contribution is 9.26. The van der Waals surface area contributed by atoms with Crippen LogP contribution in [0.4, 0.5) is 0 Å². The van der Waals surface area contributed by atoms with Crippen LogP contribution in [0, 0.1) is 0 Å². The highest BCUT2D eigenvalue weighted by Crippen LogP contribution is 2.44. The van der Waals surface area contributed by atoms with Crippen molar-refractivity contribution in [1.82, 2.24) is 0 Å². The van der Waals surface area contributed by atoms with Crippen molar-refractivity contribution in [3.8, 4) is 0 Å². The lowest BCUT2D eigenvalue weighted by atomic mass is 10.4. The lowest BCUT2D eigenvalue weighted by Crippen LogP contribution is -2.34. The minimum atomic E-state index is -0.815. The molecule has 0 radical (unpaired) electrons. The zero-order valence-corrected chi connectivity index (χ0v) is 31.9. The van der Waals surface area contributed by atoms with Gasteiger partial charge in [-0.05, 0) is 45.3 Å². The molecule has 2 atom stereocenters. The molecule has 2 unspecified atom stereocenters. The molecule has 0 saturated heterocycles. The summed E-state index contributed by atoms with van der Waals surface area (Å²) in [6.07, 6.45) is 18.4. The van der Waals surface area contributed by atoms with E-state index in [4.69, 9.17) is 9.47 Å². The molecule has 0 aromatic carbocycles. The van der Waals surface area contributed by atoms with Crippen LogP contribution >= 0.6 is 41.2 Å². The zero-order valence-electron chi connectivity index (χ0n) is 26.3. The van der Waals surface area contributed by atoms with Gasteiger partial charge in [-0.1, -0.05) is 152 Å². The van der Waals surface area contributed by atoms with Gasteiger partial charge in [0.15, 0.2) is 0 Å². The molecule has 0 aromatic heterocycles. The Labute approximate surface area is 258 Å². The Bertz CT molecular complexity index is 410. The van der Waals surface area contributed by atoms with Crippen molar-refractivity contribution in [3.63, 3.8) is 0 Å². The van der Waals surface area contributed by atoms with Gasteiger partial charge in [-0.2, -0.15) is 0 Å². The van der Waals surface area contributed by atoms with Crippen LogP contribution < -0.4 is 0 Å². The molecule has 0 aliphatic carbocycles. The molecule has 0 rings (SSSR count). The minimum Gasteiger partial charge on any atom is -0.382 e. The quantitative estimate of drug-likeness (QED) is 0.0422. The first-order valence-electron chi connectivity index (χ1n) is 16.5. The summed E-state index contributed by atoms with van der Waals surface area (Å²) >= 11 is 0. The number of ether oxygens (including phenoxy) is 2. The van der Waals surface area contributed by atoms with Crippen LogP contribution in [0.1, 0.15) is 131 Å². The summed E-state index contributed by atoms with van der Waals surface area (Å²) in [7, 11) is 6.52. The predicted molar refractivity (Wildman–Crippen MR) is 192 cm³/mol. The van der Waals surface area contributed by atoms with E-state index in [9.17, 15) is 0 Å². The smallest absolute Gasteiger partial charge is 0.0717 e. The first kappa shape index (κ1) is 39.8. The van der Waals surface area contributed by atoms with Crippen LogP contribution in [0.2, 0.25) is 24.2 Å². The third-order valence-corrected chi connectivity index (χ3v) is 21.8. The van der Waals surface area contributed by atoms with Gasteiger partial charge in [-0.15, -0.1) is 0 Å². The predicted octanol–water partition coefficient (Wildman–Crippen LogP) is 11.5. The van der Waals surface area contributed by atoms with Gasteiger partial charge in [0.25, 0.3) is 0 Å². The molecular formula is C30H66O2S4Si2. The second kappa shape index (κ2) is 31.7. The first-order valence-corrected chi connectivity index (χ1v) is 26.2. The summed E-state index contributed by atoms with van der Waals surface area (Å²) < 4.78 is 13.1. The molecule has 230 valence electrons. The van der Waals surface area contributed by atoms with Gasteiger partial charge in [0, 0.05) is 36.2 Å². The maximum absolute atomic E-state index is 6.55. The standard InChI is InChI=1S/C30H66O2S4Si2/c1-7-13-21-31-29(37(25-15-9-3)26-16-10-4)19-23-33-35-36-34-24-20-30(32-22-14-8-2)38(27-17-11-5)28-18-12-6/h29-30,37-38H,7-28H2,1-6H3. The molecule has 8 heteroatoms. The normalized spacial score (nSPS) is 13.6. The number of unbranched alkanes of at least 4 members (excludes halogenated alkanes) is 6. The first-order chi connectivity index (χ1) is 18.7. The SMILES string of the molecule is CCCCOC(CCSSSSCCC(OCCCC)[SiH](CCCC)CCCC)[SiH](CCCC)CCCC. The van der Waals surface area contributed by atoms with E-state index in [2.05, 4.69) is 63.1 Å². The van der Waals surface area contributed by atoms with Crippen molar-refractivity contribution in [1.29, 1.82) is 0 Å². The highest BCUT2D eigenvalue weighted by atomic mass is 33.7. The Morgan fingerprint density at radius 2 is 0.789 bits per heavy atom. The van der Waals surface area contributed by atoms with E-state index in [0.717, 1.165) is 13.2 Å². The van der Waals surface area contributed by atoms with E-state index in [1.807, 2.05) is 19.7 Å². The highest BCUT2D eigenvalue weighted by Gasteiger charge is 2.24. The van der Waals surface area contributed by atoms with Gasteiger partial charge in [-0.25, -0.2) is 0 Å². The van der Waals surface area contributed by atoms with E-state index in [1.54, 1.807) is 0 Å². The van der Waals surface area contributed by atoms with Gasteiger partial charge >= 0.3 is 0 Å². The minimum absolute atomic E-state index is 0.597. The average Bonchev–Trinajstić information content (AvgIpc) is 2.93. The van der Waals surface area contributed by atoms with Crippen molar-refractivity contribution in [2.24, 2.45) is 0 Å². The maximum atomic E-state index is 6.55. The van der Waals surface area contributed by atoms with Crippen LogP contribution in [-0.2, 0) is 9.47 Å². The fraction of sp³-hybridized carbons (Fsp3) is 1.00. The van der Waals surface area contributed by atoms with Crippen LogP contribution in [0.15, 0.2) is 0 Å². The van der Waals surface area contributed by atoms with Gasteiger partial charge in [-0.3, -0.25) is 0 Å². The Balaban J connectivity index is 4.51. The van der Waals surface area contributed by atoms with Gasteiger partial charge in [0.2, 0.25) is 0 Å². The molecular weight excluding hydrogens is 577 g/mol. The maximum Gasteiger partial charge on any atom is 0.0717 e. The molecule has 0 aliphatic rings. The van der Waals surface area contributed by atoms with Crippen LogP contribution in [-0.4, -0.2) is 53.8 Å². The van der Waals surface area contributed by atoms with Crippen molar-refractivity contribution < 1.29 is 9.47 Å². The van der Waals surface area contributed by atoms with E-state index in [1.165, 1.54) is 126 Å². The molecule has 0 aromatic rings. The largest absolute Gasteiger partial charge is 0.382 e. The number of hydrogen-bond donors (Lipinski definition) is 0. The third-order valence-electron chi connectivity index (χ3n) is 7.52.